The molecular weight excluding hydrogens is 282 g/mol. The van der Waals surface area contributed by atoms with Crippen molar-refractivity contribution in [2.24, 2.45) is 5.73 Å². The van der Waals surface area contributed by atoms with E-state index in [4.69, 9.17) is 22.1 Å². The third-order valence-electron chi connectivity index (χ3n) is 3.11. The molecule has 0 saturated carbocycles. The van der Waals surface area contributed by atoms with Crippen molar-refractivity contribution in [2.45, 2.75) is 44.9 Å². The van der Waals surface area contributed by atoms with Crippen LogP contribution in [-0.4, -0.2) is 50.5 Å². The number of halogens is 1. The third kappa shape index (κ3) is 3.61. The number of nitrogens with two attached hydrogens (primary N) is 1. The highest BCUT2D eigenvalue weighted by Crippen LogP contribution is 2.22. The summed E-state index contributed by atoms with van der Waals surface area (Å²) in [4.78, 5) is 17.6. The zero-order chi connectivity index (χ0) is 14.9. The number of carbonyl (C=O) groups excluding carboxylic acids is 1. The number of hydrogen-bond donors (Lipinski definition) is 1. The quantitative estimate of drug-likeness (QED) is 0.848. The smallest absolute Gasteiger partial charge is 0.410 e. The van der Waals surface area contributed by atoms with E-state index in [9.17, 15) is 4.79 Å². The topological polar surface area (TPSA) is 86.3 Å². The Kier molecular flexibility index (Phi) is 4.19. The van der Waals surface area contributed by atoms with Crippen molar-refractivity contribution in [3.63, 3.8) is 0 Å². The van der Waals surface area contributed by atoms with Crippen molar-refractivity contribution < 1.29 is 9.53 Å². The molecule has 8 heteroatoms. The number of rotatable bonds is 1. The minimum absolute atomic E-state index is 0.0912. The van der Waals surface area contributed by atoms with Crippen LogP contribution in [0, 0.1) is 0 Å². The van der Waals surface area contributed by atoms with Crippen LogP contribution < -0.4 is 5.73 Å². The van der Waals surface area contributed by atoms with Crippen LogP contribution >= 0.6 is 11.6 Å². The standard InChI is InChI=1S/C12H20ClN5O2/c1-12(2,3)20-11(19)17-5-4-8(14)9(6-17)18-7-15-10(13)16-18/h7-9H,4-6,14H2,1-3H3/t8-,9+/m0/s1. The molecule has 1 aliphatic heterocycles. The van der Waals surface area contributed by atoms with Crippen molar-refractivity contribution >= 4 is 17.7 Å². The van der Waals surface area contributed by atoms with E-state index in [1.54, 1.807) is 9.58 Å². The first kappa shape index (κ1) is 15.1. The summed E-state index contributed by atoms with van der Waals surface area (Å²) >= 11 is 5.72. The number of amides is 1. The van der Waals surface area contributed by atoms with E-state index in [-0.39, 0.29) is 23.5 Å². The van der Waals surface area contributed by atoms with Crippen LogP contribution in [0.1, 0.15) is 33.2 Å². The lowest BCUT2D eigenvalue weighted by Gasteiger charge is -2.37. The van der Waals surface area contributed by atoms with Crippen LogP contribution in [0.2, 0.25) is 5.28 Å². The molecule has 2 N–H and O–H groups in total. The van der Waals surface area contributed by atoms with Crippen LogP contribution in [0.5, 0.6) is 0 Å². The molecule has 2 atom stereocenters. The average Bonchev–Trinajstić information content (AvgIpc) is 2.74. The van der Waals surface area contributed by atoms with Crippen LogP contribution in [-0.2, 0) is 4.74 Å². The Morgan fingerprint density at radius 3 is 2.80 bits per heavy atom. The first-order chi connectivity index (χ1) is 9.26. The van der Waals surface area contributed by atoms with Gasteiger partial charge in [-0.25, -0.2) is 14.5 Å². The van der Waals surface area contributed by atoms with Crippen molar-refractivity contribution in [1.82, 2.24) is 19.7 Å². The zero-order valence-corrected chi connectivity index (χ0v) is 12.7. The van der Waals surface area contributed by atoms with Gasteiger partial charge in [0, 0.05) is 19.1 Å². The predicted molar refractivity (Wildman–Crippen MR) is 74.5 cm³/mol. The Morgan fingerprint density at radius 1 is 1.55 bits per heavy atom. The molecule has 2 heterocycles. The van der Waals surface area contributed by atoms with Gasteiger partial charge in [-0.3, -0.25) is 0 Å². The van der Waals surface area contributed by atoms with E-state index in [0.717, 1.165) is 0 Å². The van der Waals surface area contributed by atoms with E-state index in [0.29, 0.717) is 19.5 Å². The van der Waals surface area contributed by atoms with Crippen LogP contribution in [0.15, 0.2) is 6.33 Å². The highest BCUT2D eigenvalue weighted by atomic mass is 35.5. The number of likely N-dealkylation sites (tertiary alicyclic amines) is 1. The summed E-state index contributed by atoms with van der Waals surface area (Å²) in [5, 5.41) is 4.24. The lowest BCUT2D eigenvalue weighted by Crippen LogP contribution is -2.51. The molecule has 20 heavy (non-hydrogen) atoms. The van der Waals surface area contributed by atoms with Gasteiger partial charge in [-0.15, -0.1) is 5.10 Å². The fraction of sp³-hybridized carbons (Fsp3) is 0.750. The molecule has 1 aliphatic rings. The Bertz CT molecular complexity index is 484. The summed E-state index contributed by atoms with van der Waals surface area (Å²) in [6.07, 6.45) is 1.88. The number of piperidine rings is 1. The molecule has 112 valence electrons. The highest BCUT2D eigenvalue weighted by molar-refractivity contribution is 6.28. The summed E-state index contributed by atoms with van der Waals surface area (Å²) in [5.41, 5.74) is 5.59. The molecule has 1 aromatic rings. The number of aromatic nitrogens is 3. The molecule has 1 amide bonds. The Hall–Kier alpha value is -1.34. The second-order valence-corrected chi connectivity index (χ2v) is 6.28. The predicted octanol–water partition coefficient (Wildman–Crippen LogP) is 1.44. The van der Waals surface area contributed by atoms with Crippen molar-refractivity contribution in [3.8, 4) is 0 Å². The van der Waals surface area contributed by atoms with Crippen molar-refractivity contribution in [1.29, 1.82) is 0 Å². The van der Waals surface area contributed by atoms with Gasteiger partial charge in [-0.2, -0.15) is 0 Å². The van der Waals surface area contributed by atoms with E-state index >= 15 is 0 Å². The minimum atomic E-state index is -0.511. The molecule has 0 aromatic carbocycles. The first-order valence-corrected chi connectivity index (χ1v) is 6.94. The van der Waals surface area contributed by atoms with E-state index in [2.05, 4.69) is 10.1 Å². The van der Waals surface area contributed by atoms with Crippen molar-refractivity contribution in [2.75, 3.05) is 13.1 Å². The minimum Gasteiger partial charge on any atom is -0.444 e. The molecule has 0 aliphatic carbocycles. The lowest BCUT2D eigenvalue weighted by atomic mass is 10.0. The average molecular weight is 302 g/mol. The van der Waals surface area contributed by atoms with Crippen LogP contribution in [0.25, 0.3) is 0 Å². The second-order valence-electron chi connectivity index (χ2n) is 5.94. The van der Waals surface area contributed by atoms with Gasteiger partial charge in [0.05, 0.1) is 6.04 Å². The maximum atomic E-state index is 12.1. The fourth-order valence-electron chi connectivity index (χ4n) is 2.14. The molecule has 0 radical (unpaired) electrons. The summed E-state index contributed by atoms with van der Waals surface area (Å²) in [6.45, 7) is 6.55. The lowest BCUT2D eigenvalue weighted by molar-refractivity contribution is 0.0150. The Balaban J connectivity index is 2.06. The maximum absolute atomic E-state index is 12.1. The zero-order valence-electron chi connectivity index (χ0n) is 11.9. The van der Waals surface area contributed by atoms with Gasteiger partial charge >= 0.3 is 6.09 Å². The Labute approximate surface area is 123 Å². The summed E-state index contributed by atoms with van der Waals surface area (Å²) < 4.78 is 6.99. The third-order valence-corrected chi connectivity index (χ3v) is 3.28. The van der Waals surface area contributed by atoms with E-state index < -0.39 is 5.60 Å². The Morgan fingerprint density at radius 2 is 2.25 bits per heavy atom. The van der Waals surface area contributed by atoms with Crippen LogP contribution in [0.3, 0.4) is 0 Å². The highest BCUT2D eigenvalue weighted by Gasteiger charge is 2.33. The van der Waals surface area contributed by atoms with Gasteiger partial charge in [0.2, 0.25) is 5.28 Å². The molecular formula is C12H20ClN5O2. The van der Waals surface area contributed by atoms with Gasteiger partial charge in [0.1, 0.15) is 11.9 Å². The van der Waals surface area contributed by atoms with Crippen LogP contribution in [0.4, 0.5) is 4.79 Å². The van der Waals surface area contributed by atoms with Gasteiger partial charge in [0.25, 0.3) is 0 Å². The number of hydrogen-bond acceptors (Lipinski definition) is 5. The van der Waals surface area contributed by atoms with Crippen molar-refractivity contribution in [3.05, 3.63) is 11.6 Å². The van der Waals surface area contributed by atoms with Gasteiger partial charge in [-0.1, -0.05) is 0 Å². The summed E-state index contributed by atoms with van der Waals surface area (Å²) in [5.74, 6) is 0. The largest absolute Gasteiger partial charge is 0.444 e. The molecule has 7 nitrogen and oxygen atoms in total. The maximum Gasteiger partial charge on any atom is 0.410 e. The molecule has 2 rings (SSSR count). The number of carbonyl (C=O) groups is 1. The van der Waals surface area contributed by atoms with Gasteiger partial charge in [-0.05, 0) is 38.8 Å². The molecule has 1 saturated heterocycles. The number of ether oxygens (including phenoxy) is 1. The summed E-state index contributed by atoms with van der Waals surface area (Å²) in [7, 11) is 0. The fourth-order valence-corrected chi connectivity index (χ4v) is 2.27. The first-order valence-electron chi connectivity index (χ1n) is 6.56. The van der Waals surface area contributed by atoms with E-state index in [1.165, 1.54) is 6.33 Å². The molecule has 1 aromatic heterocycles. The second kappa shape index (κ2) is 5.57. The summed E-state index contributed by atoms with van der Waals surface area (Å²) in [6, 6.07) is -0.234. The number of nitrogens with zero attached hydrogens (tertiary/aromatic N) is 4. The van der Waals surface area contributed by atoms with E-state index in [1.807, 2.05) is 20.8 Å². The van der Waals surface area contributed by atoms with Gasteiger partial charge < -0.3 is 15.4 Å². The SMILES string of the molecule is CC(C)(C)OC(=O)N1CC[C@H](N)[C@H](n2cnc(Cl)n2)C1. The molecule has 1 fully saturated rings. The van der Waals surface area contributed by atoms with Gasteiger partial charge in [0.15, 0.2) is 0 Å². The molecule has 0 unspecified atom stereocenters. The molecule has 0 bridgehead atoms. The molecule has 0 spiro atoms. The monoisotopic (exact) mass is 301 g/mol. The normalized spacial score (nSPS) is 23.8.